The second-order valence-electron chi connectivity index (χ2n) is 4.53. The third-order valence-electron chi connectivity index (χ3n) is 3.21. The van der Waals surface area contributed by atoms with Gasteiger partial charge in [-0.2, -0.15) is 0 Å². The largest absolute Gasteiger partial charge is 0.491 e. The number of rotatable bonds is 5. The Balaban J connectivity index is 1.83. The molecule has 0 bridgehead atoms. The number of aromatic carboxylic acids is 1. The molecule has 1 heterocycles. The second kappa shape index (κ2) is 6.54. The Bertz CT molecular complexity index is 418. The predicted molar refractivity (Wildman–Crippen MR) is 70.8 cm³/mol. The normalized spacial score (nSPS) is 20.2. The van der Waals surface area contributed by atoms with Crippen LogP contribution in [0, 0.1) is 0 Å². The molecule has 1 fully saturated rings. The standard InChI is InChI=1S/C14H19NO4/c1-2-15-7-8-18-13(9-15)10-19-12-5-3-11(4-6-12)14(16)17/h3-6,13H,2,7-10H2,1H3,(H,16,17). The molecule has 0 spiro atoms. The summed E-state index contributed by atoms with van der Waals surface area (Å²) in [7, 11) is 0. The number of likely N-dealkylation sites (N-methyl/N-ethyl adjacent to an activating group) is 1. The molecule has 0 radical (unpaired) electrons. The summed E-state index contributed by atoms with van der Waals surface area (Å²) in [4.78, 5) is 13.0. The van der Waals surface area contributed by atoms with Crippen LogP contribution < -0.4 is 4.74 Å². The van der Waals surface area contributed by atoms with E-state index in [-0.39, 0.29) is 11.7 Å². The first kappa shape index (κ1) is 13.8. The van der Waals surface area contributed by atoms with Crippen LogP contribution in [0.5, 0.6) is 5.75 Å². The lowest BCUT2D eigenvalue weighted by molar-refractivity contribution is -0.0464. The molecule has 0 aliphatic carbocycles. The molecule has 1 N–H and O–H groups in total. The highest BCUT2D eigenvalue weighted by molar-refractivity contribution is 5.87. The summed E-state index contributed by atoms with van der Waals surface area (Å²) in [6.07, 6.45) is 0.0767. The van der Waals surface area contributed by atoms with Crippen LogP contribution in [0.15, 0.2) is 24.3 Å². The Morgan fingerprint density at radius 1 is 1.47 bits per heavy atom. The maximum Gasteiger partial charge on any atom is 0.335 e. The van der Waals surface area contributed by atoms with Gasteiger partial charge in [0.1, 0.15) is 18.5 Å². The summed E-state index contributed by atoms with van der Waals surface area (Å²) in [6.45, 7) is 6.23. The lowest BCUT2D eigenvalue weighted by Gasteiger charge is -2.31. The summed E-state index contributed by atoms with van der Waals surface area (Å²) < 4.78 is 11.3. The molecule has 0 saturated carbocycles. The number of morpholine rings is 1. The first-order valence-corrected chi connectivity index (χ1v) is 6.49. The summed E-state index contributed by atoms with van der Waals surface area (Å²) in [6, 6.07) is 6.42. The zero-order valence-electron chi connectivity index (χ0n) is 11.0. The van der Waals surface area contributed by atoms with Crippen LogP contribution in [-0.4, -0.2) is 54.9 Å². The Kier molecular flexibility index (Phi) is 4.76. The molecule has 5 heteroatoms. The van der Waals surface area contributed by atoms with E-state index in [1.54, 1.807) is 12.1 Å². The van der Waals surface area contributed by atoms with E-state index in [1.807, 2.05) is 0 Å². The van der Waals surface area contributed by atoms with E-state index in [4.69, 9.17) is 14.6 Å². The molecule has 1 saturated heterocycles. The molecule has 1 unspecified atom stereocenters. The maximum atomic E-state index is 10.7. The minimum atomic E-state index is -0.930. The van der Waals surface area contributed by atoms with Crippen LogP contribution in [0.3, 0.4) is 0 Å². The molecule has 0 amide bonds. The number of ether oxygens (including phenoxy) is 2. The zero-order chi connectivity index (χ0) is 13.7. The van der Waals surface area contributed by atoms with Crippen molar-refractivity contribution in [1.82, 2.24) is 4.90 Å². The molecule has 5 nitrogen and oxygen atoms in total. The van der Waals surface area contributed by atoms with Gasteiger partial charge in [-0.05, 0) is 30.8 Å². The van der Waals surface area contributed by atoms with Gasteiger partial charge in [-0.3, -0.25) is 4.90 Å². The van der Waals surface area contributed by atoms with Gasteiger partial charge in [0.15, 0.2) is 0 Å². The number of carbonyl (C=O) groups is 1. The minimum absolute atomic E-state index is 0.0767. The third kappa shape index (κ3) is 3.94. The van der Waals surface area contributed by atoms with Crippen LogP contribution in [0.2, 0.25) is 0 Å². The Morgan fingerprint density at radius 3 is 2.84 bits per heavy atom. The van der Waals surface area contributed by atoms with Crippen molar-refractivity contribution in [3.8, 4) is 5.75 Å². The number of benzene rings is 1. The summed E-state index contributed by atoms with van der Waals surface area (Å²) in [5.74, 6) is -0.261. The molecule has 1 aromatic rings. The Labute approximate surface area is 112 Å². The van der Waals surface area contributed by atoms with E-state index in [0.29, 0.717) is 12.4 Å². The van der Waals surface area contributed by atoms with Crippen molar-refractivity contribution in [2.75, 3.05) is 32.8 Å². The highest BCUT2D eigenvalue weighted by atomic mass is 16.5. The lowest BCUT2D eigenvalue weighted by atomic mass is 10.2. The van der Waals surface area contributed by atoms with Crippen molar-refractivity contribution >= 4 is 5.97 Å². The van der Waals surface area contributed by atoms with Crippen LogP contribution in [0.1, 0.15) is 17.3 Å². The SMILES string of the molecule is CCN1CCOC(COc2ccc(C(=O)O)cc2)C1. The van der Waals surface area contributed by atoms with Crippen LogP contribution in [-0.2, 0) is 4.74 Å². The second-order valence-corrected chi connectivity index (χ2v) is 4.53. The van der Waals surface area contributed by atoms with Gasteiger partial charge in [0.05, 0.1) is 12.2 Å². The molecule has 1 aliphatic rings. The van der Waals surface area contributed by atoms with Crippen molar-refractivity contribution in [2.24, 2.45) is 0 Å². The van der Waals surface area contributed by atoms with Gasteiger partial charge in [0.2, 0.25) is 0 Å². The van der Waals surface area contributed by atoms with Crippen molar-refractivity contribution in [3.63, 3.8) is 0 Å². The van der Waals surface area contributed by atoms with E-state index >= 15 is 0 Å². The van der Waals surface area contributed by atoms with Crippen molar-refractivity contribution in [1.29, 1.82) is 0 Å². The fourth-order valence-corrected chi connectivity index (χ4v) is 2.05. The first-order chi connectivity index (χ1) is 9.19. The van der Waals surface area contributed by atoms with E-state index in [2.05, 4.69) is 11.8 Å². The van der Waals surface area contributed by atoms with E-state index in [1.165, 1.54) is 12.1 Å². The van der Waals surface area contributed by atoms with Crippen molar-refractivity contribution in [2.45, 2.75) is 13.0 Å². The molecule has 1 aromatic carbocycles. The first-order valence-electron chi connectivity index (χ1n) is 6.49. The van der Waals surface area contributed by atoms with Gasteiger partial charge in [0.25, 0.3) is 0 Å². The molecule has 1 aliphatic heterocycles. The summed E-state index contributed by atoms with van der Waals surface area (Å²) in [5.41, 5.74) is 0.262. The fraction of sp³-hybridized carbons (Fsp3) is 0.500. The molecular weight excluding hydrogens is 246 g/mol. The van der Waals surface area contributed by atoms with Crippen LogP contribution in [0.4, 0.5) is 0 Å². The number of hydrogen-bond acceptors (Lipinski definition) is 4. The maximum absolute atomic E-state index is 10.7. The number of hydrogen-bond donors (Lipinski definition) is 1. The number of carboxylic acid groups (broad SMARTS) is 1. The summed E-state index contributed by atoms with van der Waals surface area (Å²) in [5, 5.41) is 8.80. The van der Waals surface area contributed by atoms with Gasteiger partial charge < -0.3 is 14.6 Å². The molecule has 2 rings (SSSR count). The molecule has 1 atom stereocenters. The van der Waals surface area contributed by atoms with Crippen LogP contribution in [0.25, 0.3) is 0 Å². The fourth-order valence-electron chi connectivity index (χ4n) is 2.05. The lowest BCUT2D eigenvalue weighted by Crippen LogP contribution is -2.44. The zero-order valence-corrected chi connectivity index (χ0v) is 11.0. The van der Waals surface area contributed by atoms with Gasteiger partial charge in [-0.1, -0.05) is 6.92 Å². The summed E-state index contributed by atoms with van der Waals surface area (Å²) >= 11 is 0. The van der Waals surface area contributed by atoms with E-state index < -0.39 is 5.97 Å². The number of nitrogens with zero attached hydrogens (tertiary/aromatic N) is 1. The smallest absolute Gasteiger partial charge is 0.335 e. The van der Waals surface area contributed by atoms with Crippen molar-refractivity contribution in [3.05, 3.63) is 29.8 Å². The Hall–Kier alpha value is -1.59. The molecule has 104 valence electrons. The van der Waals surface area contributed by atoms with Gasteiger partial charge in [-0.25, -0.2) is 4.79 Å². The average Bonchev–Trinajstić information content (AvgIpc) is 2.46. The van der Waals surface area contributed by atoms with E-state index in [0.717, 1.165) is 26.2 Å². The predicted octanol–water partition coefficient (Wildman–Crippen LogP) is 1.48. The highest BCUT2D eigenvalue weighted by Crippen LogP contribution is 2.14. The number of carboxylic acids is 1. The average molecular weight is 265 g/mol. The minimum Gasteiger partial charge on any atom is -0.491 e. The van der Waals surface area contributed by atoms with Gasteiger partial charge in [0, 0.05) is 13.1 Å². The monoisotopic (exact) mass is 265 g/mol. The topological polar surface area (TPSA) is 59.0 Å². The van der Waals surface area contributed by atoms with Crippen molar-refractivity contribution < 1.29 is 19.4 Å². The van der Waals surface area contributed by atoms with Crippen LogP contribution >= 0.6 is 0 Å². The van der Waals surface area contributed by atoms with Gasteiger partial charge >= 0.3 is 5.97 Å². The highest BCUT2D eigenvalue weighted by Gasteiger charge is 2.19. The molecular formula is C14H19NO4. The third-order valence-corrected chi connectivity index (χ3v) is 3.21. The molecule has 19 heavy (non-hydrogen) atoms. The van der Waals surface area contributed by atoms with E-state index in [9.17, 15) is 4.79 Å². The molecule has 0 aromatic heterocycles. The quantitative estimate of drug-likeness (QED) is 0.874. The van der Waals surface area contributed by atoms with Gasteiger partial charge in [-0.15, -0.1) is 0 Å². The Morgan fingerprint density at radius 2 is 2.21 bits per heavy atom.